The fourth-order valence-electron chi connectivity index (χ4n) is 2.09. The third kappa shape index (κ3) is 4.61. The van der Waals surface area contributed by atoms with Crippen LogP contribution in [0, 0.1) is 12.8 Å². The summed E-state index contributed by atoms with van der Waals surface area (Å²) < 4.78 is 1.79. The molecular weight excluding hydrogens is 226 g/mol. The Labute approximate surface area is 110 Å². The molecule has 2 atom stereocenters. The van der Waals surface area contributed by atoms with Crippen LogP contribution in [-0.2, 0) is 18.3 Å². The van der Waals surface area contributed by atoms with Crippen molar-refractivity contribution in [3.63, 3.8) is 0 Å². The zero-order chi connectivity index (χ0) is 13.7. The van der Waals surface area contributed by atoms with E-state index in [0.29, 0.717) is 12.2 Å². The Balaban J connectivity index is 2.42. The minimum atomic E-state index is 0.110. The van der Waals surface area contributed by atoms with Gasteiger partial charge in [-0.1, -0.05) is 13.3 Å². The maximum atomic E-state index is 12.1. The van der Waals surface area contributed by atoms with Gasteiger partial charge >= 0.3 is 0 Å². The van der Waals surface area contributed by atoms with Crippen molar-refractivity contribution in [1.29, 1.82) is 0 Å². The Bertz CT molecular complexity index is 396. The number of carbonyl (C=O) groups excluding carboxylic acids is 1. The van der Waals surface area contributed by atoms with Crippen molar-refractivity contribution in [2.75, 3.05) is 0 Å². The predicted octanol–water partition coefficient (Wildman–Crippen LogP) is 1.99. The Morgan fingerprint density at radius 2 is 2.11 bits per heavy atom. The molecule has 1 rings (SSSR count). The first-order chi connectivity index (χ1) is 8.40. The van der Waals surface area contributed by atoms with Crippen LogP contribution in [0.1, 0.15) is 44.5 Å². The van der Waals surface area contributed by atoms with Gasteiger partial charge in [-0.15, -0.1) is 0 Å². The molecule has 0 spiro atoms. The normalized spacial score (nSPS) is 14.5. The lowest BCUT2D eigenvalue weighted by Crippen LogP contribution is -2.18. The Morgan fingerprint density at radius 1 is 1.44 bits per heavy atom. The number of nitrogens with two attached hydrogens (primary N) is 1. The van der Waals surface area contributed by atoms with Crippen molar-refractivity contribution in [3.8, 4) is 0 Å². The van der Waals surface area contributed by atoms with Crippen LogP contribution in [-0.4, -0.2) is 21.6 Å². The van der Waals surface area contributed by atoms with Gasteiger partial charge in [0.1, 0.15) is 5.78 Å². The lowest BCUT2D eigenvalue weighted by molar-refractivity contribution is -0.122. The molecule has 0 radical (unpaired) electrons. The second-order valence-corrected chi connectivity index (χ2v) is 5.35. The van der Waals surface area contributed by atoms with Gasteiger partial charge in [-0.05, 0) is 32.8 Å². The number of hydrogen-bond donors (Lipinski definition) is 1. The van der Waals surface area contributed by atoms with Crippen molar-refractivity contribution in [3.05, 3.63) is 17.5 Å². The van der Waals surface area contributed by atoms with E-state index in [9.17, 15) is 4.79 Å². The van der Waals surface area contributed by atoms with E-state index in [1.807, 2.05) is 33.9 Å². The number of nitrogens with zero attached hydrogens (tertiary/aromatic N) is 2. The minimum absolute atomic E-state index is 0.110. The highest BCUT2D eigenvalue weighted by atomic mass is 16.1. The summed E-state index contributed by atoms with van der Waals surface area (Å²) in [7, 11) is 1.89. The van der Waals surface area contributed by atoms with Crippen molar-refractivity contribution < 1.29 is 4.79 Å². The van der Waals surface area contributed by atoms with Crippen LogP contribution in [0.4, 0.5) is 0 Å². The van der Waals surface area contributed by atoms with Gasteiger partial charge in [-0.2, -0.15) is 5.10 Å². The lowest BCUT2D eigenvalue weighted by Gasteiger charge is -2.11. The SMILES string of the molecule is Cc1cc(CC(=O)C(C)CCCC(C)N)n(C)n1. The first-order valence-corrected chi connectivity index (χ1v) is 6.68. The molecule has 0 aromatic carbocycles. The quantitative estimate of drug-likeness (QED) is 0.806. The summed E-state index contributed by atoms with van der Waals surface area (Å²) in [5.74, 6) is 0.404. The molecule has 0 bridgehead atoms. The second-order valence-electron chi connectivity index (χ2n) is 5.35. The molecule has 0 aliphatic heterocycles. The summed E-state index contributed by atoms with van der Waals surface area (Å²) in [6.45, 7) is 5.96. The second kappa shape index (κ2) is 6.69. The van der Waals surface area contributed by atoms with Crippen LogP contribution in [0.15, 0.2) is 6.07 Å². The fourth-order valence-corrected chi connectivity index (χ4v) is 2.09. The number of carbonyl (C=O) groups is 1. The molecular formula is C14H25N3O. The lowest BCUT2D eigenvalue weighted by atomic mass is 9.95. The monoisotopic (exact) mass is 251 g/mol. The van der Waals surface area contributed by atoms with Crippen LogP contribution < -0.4 is 5.73 Å². The van der Waals surface area contributed by atoms with Gasteiger partial charge in [-0.25, -0.2) is 0 Å². The van der Waals surface area contributed by atoms with Gasteiger partial charge in [0.05, 0.1) is 5.69 Å². The average molecular weight is 251 g/mol. The molecule has 18 heavy (non-hydrogen) atoms. The molecule has 0 saturated heterocycles. The summed E-state index contributed by atoms with van der Waals surface area (Å²) in [6.07, 6.45) is 3.42. The molecule has 0 aliphatic carbocycles. The van der Waals surface area contributed by atoms with Crippen LogP contribution >= 0.6 is 0 Å². The van der Waals surface area contributed by atoms with Crippen LogP contribution in [0.3, 0.4) is 0 Å². The summed E-state index contributed by atoms with van der Waals surface area (Å²) in [5.41, 5.74) is 7.66. The topological polar surface area (TPSA) is 60.9 Å². The molecule has 1 aromatic rings. The molecule has 1 heterocycles. The molecule has 102 valence electrons. The molecule has 0 aliphatic rings. The zero-order valence-electron chi connectivity index (χ0n) is 11.9. The molecule has 0 saturated carbocycles. The summed E-state index contributed by atoms with van der Waals surface area (Å²) in [4.78, 5) is 12.1. The Morgan fingerprint density at radius 3 is 2.61 bits per heavy atom. The van der Waals surface area contributed by atoms with E-state index in [0.717, 1.165) is 30.7 Å². The maximum Gasteiger partial charge on any atom is 0.141 e. The van der Waals surface area contributed by atoms with Crippen molar-refractivity contribution in [2.45, 2.75) is 52.5 Å². The number of ketones is 1. The largest absolute Gasteiger partial charge is 0.328 e. The van der Waals surface area contributed by atoms with Gasteiger partial charge < -0.3 is 5.73 Å². The van der Waals surface area contributed by atoms with E-state index in [2.05, 4.69) is 5.10 Å². The number of aromatic nitrogens is 2. The predicted molar refractivity (Wildman–Crippen MR) is 73.3 cm³/mol. The smallest absolute Gasteiger partial charge is 0.141 e. The van der Waals surface area contributed by atoms with E-state index in [1.54, 1.807) is 4.68 Å². The summed E-state index contributed by atoms with van der Waals surface area (Å²) in [5, 5.41) is 4.26. The molecule has 2 N–H and O–H groups in total. The number of Topliss-reactive ketones (excluding diaryl/α,β-unsaturated/α-hetero) is 1. The Kier molecular flexibility index (Phi) is 5.54. The third-order valence-electron chi connectivity index (χ3n) is 3.30. The van der Waals surface area contributed by atoms with Gasteiger partial charge in [0.2, 0.25) is 0 Å². The van der Waals surface area contributed by atoms with Gasteiger partial charge in [0.15, 0.2) is 0 Å². The molecule has 1 aromatic heterocycles. The van der Waals surface area contributed by atoms with E-state index < -0.39 is 0 Å². The first kappa shape index (κ1) is 14.9. The fraction of sp³-hybridized carbons (Fsp3) is 0.714. The summed E-state index contributed by atoms with van der Waals surface area (Å²) >= 11 is 0. The highest BCUT2D eigenvalue weighted by molar-refractivity contribution is 5.82. The molecule has 4 nitrogen and oxygen atoms in total. The number of rotatable bonds is 7. The molecule has 2 unspecified atom stereocenters. The molecule has 0 amide bonds. The van der Waals surface area contributed by atoms with Gasteiger partial charge in [0, 0.05) is 31.1 Å². The van der Waals surface area contributed by atoms with Crippen LogP contribution in [0.25, 0.3) is 0 Å². The van der Waals surface area contributed by atoms with Crippen molar-refractivity contribution >= 4 is 5.78 Å². The van der Waals surface area contributed by atoms with Crippen molar-refractivity contribution in [2.24, 2.45) is 18.7 Å². The average Bonchev–Trinajstić information content (AvgIpc) is 2.56. The van der Waals surface area contributed by atoms with E-state index in [4.69, 9.17) is 5.73 Å². The molecule has 0 fully saturated rings. The van der Waals surface area contributed by atoms with Gasteiger partial charge in [0.25, 0.3) is 0 Å². The number of aryl methyl sites for hydroxylation is 2. The van der Waals surface area contributed by atoms with E-state index in [1.165, 1.54) is 0 Å². The summed E-state index contributed by atoms with van der Waals surface area (Å²) in [6, 6.07) is 2.21. The standard InChI is InChI=1S/C14H25N3O/c1-10(6-5-7-11(2)15)14(18)9-13-8-12(3)16-17(13)4/h8,10-11H,5-7,9,15H2,1-4H3. The maximum absolute atomic E-state index is 12.1. The van der Waals surface area contributed by atoms with E-state index in [-0.39, 0.29) is 12.0 Å². The molecule has 4 heteroatoms. The van der Waals surface area contributed by atoms with Gasteiger partial charge in [-0.3, -0.25) is 9.48 Å². The van der Waals surface area contributed by atoms with Crippen LogP contribution in [0.2, 0.25) is 0 Å². The highest BCUT2D eigenvalue weighted by Gasteiger charge is 2.15. The van der Waals surface area contributed by atoms with Crippen LogP contribution in [0.5, 0.6) is 0 Å². The van der Waals surface area contributed by atoms with E-state index >= 15 is 0 Å². The highest BCUT2D eigenvalue weighted by Crippen LogP contribution is 2.13. The first-order valence-electron chi connectivity index (χ1n) is 6.68. The number of hydrogen-bond acceptors (Lipinski definition) is 3. The third-order valence-corrected chi connectivity index (χ3v) is 3.30. The zero-order valence-corrected chi connectivity index (χ0v) is 11.9. The Hall–Kier alpha value is -1.16. The minimum Gasteiger partial charge on any atom is -0.328 e. The van der Waals surface area contributed by atoms with Crippen molar-refractivity contribution in [1.82, 2.24) is 9.78 Å².